The minimum atomic E-state index is 0.313. The van der Waals surface area contributed by atoms with Gasteiger partial charge in [0.15, 0.2) is 0 Å². The van der Waals surface area contributed by atoms with Crippen molar-refractivity contribution in [3.8, 4) is 0 Å². The zero-order valence-electron chi connectivity index (χ0n) is 12.8. The fraction of sp³-hybridized carbons (Fsp3) is 0.786. The van der Waals surface area contributed by atoms with Gasteiger partial charge in [0.1, 0.15) is 0 Å². The second-order valence-corrected chi connectivity index (χ2v) is 5.42. The Labute approximate surface area is 121 Å². The second kappa shape index (κ2) is 6.72. The minimum Gasteiger partial charge on any atom is -0.368 e. The SMILES string of the molecule is CCC(CC)N(C)c1nc(N)nc(N2CCCCC2)n1. The van der Waals surface area contributed by atoms with Crippen molar-refractivity contribution in [1.29, 1.82) is 0 Å². The molecule has 0 unspecified atom stereocenters. The van der Waals surface area contributed by atoms with Crippen molar-refractivity contribution in [2.75, 3.05) is 35.7 Å². The van der Waals surface area contributed by atoms with Crippen molar-refractivity contribution in [1.82, 2.24) is 15.0 Å². The molecule has 0 radical (unpaired) electrons. The largest absolute Gasteiger partial charge is 0.368 e. The molecule has 0 saturated carbocycles. The van der Waals surface area contributed by atoms with Crippen LogP contribution in [0, 0.1) is 0 Å². The van der Waals surface area contributed by atoms with Gasteiger partial charge in [0.25, 0.3) is 0 Å². The Kier molecular flexibility index (Phi) is 4.98. The van der Waals surface area contributed by atoms with Crippen molar-refractivity contribution in [3.05, 3.63) is 0 Å². The fourth-order valence-corrected chi connectivity index (χ4v) is 2.76. The zero-order valence-corrected chi connectivity index (χ0v) is 12.8. The Morgan fingerprint density at radius 1 is 1.10 bits per heavy atom. The van der Waals surface area contributed by atoms with Gasteiger partial charge >= 0.3 is 0 Å². The number of aromatic nitrogens is 3. The third kappa shape index (κ3) is 3.29. The van der Waals surface area contributed by atoms with Gasteiger partial charge in [-0.2, -0.15) is 15.0 Å². The van der Waals surface area contributed by atoms with E-state index < -0.39 is 0 Å². The Morgan fingerprint density at radius 3 is 2.35 bits per heavy atom. The molecule has 2 heterocycles. The average Bonchev–Trinajstić information content (AvgIpc) is 2.48. The van der Waals surface area contributed by atoms with Crippen LogP contribution in [0.25, 0.3) is 0 Å². The van der Waals surface area contributed by atoms with Crippen LogP contribution in [-0.4, -0.2) is 41.1 Å². The highest BCUT2D eigenvalue weighted by Gasteiger charge is 2.19. The first-order valence-electron chi connectivity index (χ1n) is 7.65. The van der Waals surface area contributed by atoms with E-state index in [1.165, 1.54) is 19.3 Å². The first-order valence-corrected chi connectivity index (χ1v) is 7.65. The van der Waals surface area contributed by atoms with Gasteiger partial charge in [-0.3, -0.25) is 0 Å². The Balaban J connectivity index is 2.23. The normalized spacial score (nSPS) is 15.7. The Morgan fingerprint density at radius 2 is 1.75 bits per heavy atom. The van der Waals surface area contributed by atoms with E-state index >= 15 is 0 Å². The highest BCUT2D eigenvalue weighted by atomic mass is 15.4. The molecule has 0 spiro atoms. The molecule has 1 aliphatic rings. The average molecular weight is 278 g/mol. The van der Waals surface area contributed by atoms with Gasteiger partial charge in [-0.05, 0) is 32.1 Å². The topological polar surface area (TPSA) is 71.2 Å². The highest BCUT2D eigenvalue weighted by Crippen LogP contribution is 2.20. The molecule has 1 saturated heterocycles. The van der Waals surface area contributed by atoms with Crippen LogP contribution in [0.1, 0.15) is 46.0 Å². The highest BCUT2D eigenvalue weighted by molar-refractivity contribution is 5.43. The molecular weight excluding hydrogens is 252 g/mol. The van der Waals surface area contributed by atoms with Crippen molar-refractivity contribution in [2.45, 2.75) is 52.0 Å². The van der Waals surface area contributed by atoms with Crippen LogP contribution in [0.4, 0.5) is 17.8 Å². The number of nitrogen functional groups attached to an aromatic ring is 1. The first-order chi connectivity index (χ1) is 9.65. The van der Waals surface area contributed by atoms with Crippen LogP contribution < -0.4 is 15.5 Å². The Hall–Kier alpha value is -1.59. The van der Waals surface area contributed by atoms with Gasteiger partial charge < -0.3 is 15.5 Å². The van der Waals surface area contributed by atoms with Crippen LogP contribution >= 0.6 is 0 Å². The molecule has 1 fully saturated rings. The lowest BCUT2D eigenvalue weighted by Gasteiger charge is -2.29. The summed E-state index contributed by atoms with van der Waals surface area (Å²) in [5.41, 5.74) is 5.87. The van der Waals surface area contributed by atoms with Crippen molar-refractivity contribution in [3.63, 3.8) is 0 Å². The third-order valence-electron chi connectivity index (χ3n) is 4.07. The summed E-state index contributed by atoms with van der Waals surface area (Å²) in [7, 11) is 2.03. The predicted octanol–water partition coefficient (Wildman–Crippen LogP) is 2.07. The molecule has 20 heavy (non-hydrogen) atoms. The molecular formula is C14H26N6. The molecule has 0 atom stereocenters. The molecule has 6 heteroatoms. The number of nitrogens with zero attached hydrogens (tertiary/aromatic N) is 5. The van der Waals surface area contributed by atoms with Gasteiger partial charge in [-0.15, -0.1) is 0 Å². The molecule has 2 N–H and O–H groups in total. The molecule has 0 aliphatic carbocycles. The van der Waals surface area contributed by atoms with Gasteiger partial charge in [-0.1, -0.05) is 13.8 Å². The van der Waals surface area contributed by atoms with E-state index in [-0.39, 0.29) is 0 Å². The van der Waals surface area contributed by atoms with Gasteiger partial charge in [0, 0.05) is 26.2 Å². The van der Waals surface area contributed by atoms with Crippen LogP contribution in [0.15, 0.2) is 0 Å². The number of hydrogen-bond acceptors (Lipinski definition) is 6. The maximum absolute atomic E-state index is 5.87. The molecule has 1 aromatic rings. The van der Waals surface area contributed by atoms with E-state index in [1.54, 1.807) is 0 Å². The zero-order chi connectivity index (χ0) is 14.5. The number of nitrogens with two attached hydrogens (primary N) is 1. The molecule has 0 bridgehead atoms. The number of anilines is 3. The van der Waals surface area contributed by atoms with Gasteiger partial charge in [-0.25, -0.2) is 0 Å². The number of rotatable bonds is 5. The van der Waals surface area contributed by atoms with Crippen LogP contribution in [0.2, 0.25) is 0 Å². The lowest BCUT2D eigenvalue weighted by molar-refractivity contribution is 0.561. The first kappa shape index (κ1) is 14.8. The molecule has 112 valence electrons. The smallest absolute Gasteiger partial charge is 0.231 e. The van der Waals surface area contributed by atoms with Crippen LogP contribution in [-0.2, 0) is 0 Å². The van der Waals surface area contributed by atoms with Crippen LogP contribution in [0.5, 0.6) is 0 Å². The summed E-state index contributed by atoms with van der Waals surface area (Å²) >= 11 is 0. The molecule has 1 aromatic heterocycles. The summed E-state index contributed by atoms with van der Waals surface area (Å²) in [5, 5.41) is 0. The standard InChI is InChI=1S/C14H26N6/c1-4-11(5-2)19(3)13-16-12(15)17-14(18-13)20-9-7-6-8-10-20/h11H,4-10H2,1-3H3,(H2,15,16,17,18). The van der Waals surface area contributed by atoms with Crippen molar-refractivity contribution in [2.24, 2.45) is 0 Å². The summed E-state index contributed by atoms with van der Waals surface area (Å²) in [6.07, 6.45) is 5.82. The fourth-order valence-electron chi connectivity index (χ4n) is 2.76. The quantitative estimate of drug-likeness (QED) is 0.889. The van der Waals surface area contributed by atoms with Gasteiger partial charge in [0.05, 0.1) is 0 Å². The summed E-state index contributed by atoms with van der Waals surface area (Å²) in [6, 6.07) is 0.436. The monoisotopic (exact) mass is 278 g/mol. The molecule has 2 rings (SSSR count). The summed E-state index contributed by atoms with van der Waals surface area (Å²) in [5.74, 6) is 1.73. The van der Waals surface area contributed by atoms with E-state index in [9.17, 15) is 0 Å². The van der Waals surface area contributed by atoms with E-state index in [0.717, 1.165) is 31.9 Å². The predicted molar refractivity (Wildman–Crippen MR) is 83.1 cm³/mol. The maximum atomic E-state index is 5.87. The lowest BCUT2D eigenvalue weighted by Crippen LogP contribution is -2.35. The lowest BCUT2D eigenvalue weighted by atomic mass is 10.1. The molecule has 1 aliphatic heterocycles. The van der Waals surface area contributed by atoms with E-state index in [2.05, 4.69) is 38.6 Å². The van der Waals surface area contributed by atoms with E-state index in [4.69, 9.17) is 5.73 Å². The summed E-state index contributed by atoms with van der Waals surface area (Å²) in [6.45, 7) is 6.39. The summed E-state index contributed by atoms with van der Waals surface area (Å²) in [4.78, 5) is 17.6. The second-order valence-electron chi connectivity index (χ2n) is 5.42. The molecule has 0 aromatic carbocycles. The van der Waals surface area contributed by atoms with Crippen molar-refractivity contribution >= 4 is 17.8 Å². The third-order valence-corrected chi connectivity index (χ3v) is 4.07. The number of piperidine rings is 1. The van der Waals surface area contributed by atoms with E-state index in [1.807, 2.05) is 7.05 Å². The maximum Gasteiger partial charge on any atom is 0.231 e. The molecule has 0 amide bonds. The molecule has 6 nitrogen and oxygen atoms in total. The van der Waals surface area contributed by atoms with Crippen molar-refractivity contribution < 1.29 is 0 Å². The minimum absolute atomic E-state index is 0.313. The summed E-state index contributed by atoms with van der Waals surface area (Å²) < 4.78 is 0. The van der Waals surface area contributed by atoms with Crippen LogP contribution in [0.3, 0.4) is 0 Å². The van der Waals surface area contributed by atoms with E-state index in [0.29, 0.717) is 17.9 Å². The number of hydrogen-bond donors (Lipinski definition) is 1. The Bertz CT molecular complexity index is 426. The van der Waals surface area contributed by atoms with Gasteiger partial charge in [0.2, 0.25) is 17.8 Å².